The SMILES string of the molecule is C[C@H](NCC(O)c1cccc(Br)c1)c1ccc(Br)cc1. The molecule has 0 spiro atoms. The number of rotatable bonds is 5. The van der Waals surface area contributed by atoms with Crippen molar-refractivity contribution in [3.63, 3.8) is 0 Å². The second-order valence-corrected chi connectivity index (χ2v) is 6.58. The molecule has 4 heteroatoms. The van der Waals surface area contributed by atoms with Crippen LogP contribution in [0.1, 0.15) is 30.2 Å². The van der Waals surface area contributed by atoms with E-state index >= 15 is 0 Å². The predicted molar refractivity (Wildman–Crippen MR) is 89.7 cm³/mol. The monoisotopic (exact) mass is 397 g/mol. The number of hydrogen-bond donors (Lipinski definition) is 2. The highest BCUT2D eigenvalue weighted by molar-refractivity contribution is 9.10. The molecule has 106 valence electrons. The van der Waals surface area contributed by atoms with Gasteiger partial charge in [0.2, 0.25) is 0 Å². The van der Waals surface area contributed by atoms with Crippen LogP contribution in [0, 0.1) is 0 Å². The maximum Gasteiger partial charge on any atom is 0.0914 e. The van der Waals surface area contributed by atoms with Gasteiger partial charge in [0, 0.05) is 21.5 Å². The summed E-state index contributed by atoms with van der Waals surface area (Å²) in [5.41, 5.74) is 2.12. The molecule has 0 fully saturated rings. The van der Waals surface area contributed by atoms with Crippen LogP contribution in [0.3, 0.4) is 0 Å². The Balaban J connectivity index is 1.93. The molecule has 2 rings (SSSR count). The van der Waals surface area contributed by atoms with Crippen LogP contribution in [-0.4, -0.2) is 11.7 Å². The van der Waals surface area contributed by atoms with Gasteiger partial charge in [-0.1, -0.05) is 56.1 Å². The van der Waals surface area contributed by atoms with Crippen molar-refractivity contribution < 1.29 is 5.11 Å². The molecule has 0 amide bonds. The van der Waals surface area contributed by atoms with E-state index in [1.807, 2.05) is 36.4 Å². The summed E-state index contributed by atoms with van der Waals surface area (Å²) < 4.78 is 2.05. The zero-order valence-corrected chi connectivity index (χ0v) is 14.4. The van der Waals surface area contributed by atoms with Crippen molar-refractivity contribution in [2.45, 2.75) is 19.1 Å². The van der Waals surface area contributed by atoms with Gasteiger partial charge in [0.15, 0.2) is 0 Å². The Hall–Kier alpha value is -0.680. The van der Waals surface area contributed by atoms with Crippen molar-refractivity contribution in [3.8, 4) is 0 Å². The van der Waals surface area contributed by atoms with Crippen LogP contribution >= 0.6 is 31.9 Å². The van der Waals surface area contributed by atoms with Crippen LogP contribution < -0.4 is 5.32 Å². The van der Waals surface area contributed by atoms with Gasteiger partial charge in [0.05, 0.1) is 6.10 Å². The summed E-state index contributed by atoms with van der Waals surface area (Å²) in [6, 6.07) is 16.2. The average Bonchev–Trinajstić information content (AvgIpc) is 2.45. The van der Waals surface area contributed by atoms with Gasteiger partial charge in [-0.25, -0.2) is 0 Å². The number of aliphatic hydroxyl groups is 1. The maximum absolute atomic E-state index is 10.2. The Morgan fingerprint density at radius 3 is 2.35 bits per heavy atom. The summed E-state index contributed by atoms with van der Waals surface area (Å²) in [6.45, 7) is 2.62. The van der Waals surface area contributed by atoms with Crippen LogP contribution in [0.15, 0.2) is 57.5 Å². The van der Waals surface area contributed by atoms with E-state index in [-0.39, 0.29) is 6.04 Å². The quantitative estimate of drug-likeness (QED) is 0.771. The van der Waals surface area contributed by atoms with Gasteiger partial charge in [-0.15, -0.1) is 0 Å². The van der Waals surface area contributed by atoms with Gasteiger partial charge >= 0.3 is 0 Å². The summed E-state index contributed by atoms with van der Waals surface area (Å²) >= 11 is 6.85. The van der Waals surface area contributed by atoms with Crippen LogP contribution in [-0.2, 0) is 0 Å². The largest absolute Gasteiger partial charge is 0.387 e. The second kappa shape index (κ2) is 7.36. The third-order valence-electron chi connectivity index (χ3n) is 3.22. The minimum Gasteiger partial charge on any atom is -0.387 e. The summed E-state index contributed by atoms with van der Waals surface area (Å²) in [7, 11) is 0. The molecule has 0 bridgehead atoms. The third-order valence-corrected chi connectivity index (χ3v) is 4.24. The average molecular weight is 399 g/mol. The highest BCUT2D eigenvalue weighted by atomic mass is 79.9. The minimum atomic E-state index is -0.509. The van der Waals surface area contributed by atoms with Crippen LogP contribution in [0.5, 0.6) is 0 Å². The first-order chi connectivity index (χ1) is 9.56. The fourth-order valence-corrected chi connectivity index (χ4v) is 2.67. The summed E-state index contributed by atoms with van der Waals surface area (Å²) in [5, 5.41) is 13.5. The topological polar surface area (TPSA) is 32.3 Å². The maximum atomic E-state index is 10.2. The molecule has 0 saturated heterocycles. The Morgan fingerprint density at radius 1 is 1.00 bits per heavy atom. The highest BCUT2D eigenvalue weighted by Gasteiger charge is 2.10. The fraction of sp³-hybridized carbons (Fsp3) is 0.250. The Kier molecular flexibility index (Phi) is 5.78. The van der Waals surface area contributed by atoms with E-state index in [9.17, 15) is 5.11 Å². The molecule has 1 unspecified atom stereocenters. The Morgan fingerprint density at radius 2 is 1.70 bits per heavy atom. The first-order valence-electron chi connectivity index (χ1n) is 6.48. The van der Waals surface area contributed by atoms with E-state index in [0.29, 0.717) is 6.54 Å². The zero-order valence-electron chi connectivity index (χ0n) is 11.2. The van der Waals surface area contributed by atoms with Crippen LogP contribution in [0.4, 0.5) is 0 Å². The molecule has 20 heavy (non-hydrogen) atoms. The standard InChI is InChI=1S/C16H17Br2NO/c1-11(12-5-7-14(17)8-6-12)19-10-16(20)13-3-2-4-15(18)9-13/h2-9,11,16,19-20H,10H2,1H3/t11-,16?/m0/s1. The van der Waals surface area contributed by atoms with E-state index in [0.717, 1.165) is 14.5 Å². The number of halogens is 2. The lowest BCUT2D eigenvalue weighted by Crippen LogP contribution is -2.24. The van der Waals surface area contributed by atoms with Gasteiger partial charge in [-0.05, 0) is 42.3 Å². The molecule has 0 saturated carbocycles. The lowest BCUT2D eigenvalue weighted by atomic mass is 10.1. The normalized spacial score (nSPS) is 14.0. The zero-order chi connectivity index (χ0) is 14.5. The Bertz CT molecular complexity index is 557. The lowest BCUT2D eigenvalue weighted by molar-refractivity contribution is 0.170. The van der Waals surface area contributed by atoms with Gasteiger partial charge in [-0.3, -0.25) is 0 Å². The van der Waals surface area contributed by atoms with Gasteiger partial charge < -0.3 is 10.4 Å². The van der Waals surface area contributed by atoms with Crippen LogP contribution in [0.25, 0.3) is 0 Å². The molecule has 2 aromatic carbocycles. The van der Waals surface area contributed by atoms with Crippen molar-refractivity contribution in [1.29, 1.82) is 0 Å². The van der Waals surface area contributed by atoms with Crippen molar-refractivity contribution in [2.75, 3.05) is 6.54 Å². The molecular formula is C16H17Br2NO. The van der Waals surface area contributed by atoms with Crippen molar-refractivity contribution in [2.24, 2.45) is 0 Å². The van der Waals surface area contributed by atoms with Crippen molar-refractivity contribution >= 4 is 31.9 Å². The summed E-state index contributed by atoms with van der Waals surface area (Å²) in [4.78, 5) is 0. The Labute approximate surface area is 136 Å². The highest BCUT2D eigenvalue weighted by Crippen LogP contribution is 2.20. The first-order valence-corrected chi connectivity index (χ1v) is 8.07. The lowest BCUT2D eigenvalue weighted by Gasteiger charge is -2.18. The summed E-state index contributed by atoms with van der Waals surface area (Å²) in [6.07, 6.45) is -0.509. The smallest absolute Gasteiger partial charge is 0.0914 e. The molecule has 0 heterocycles. The molecule has 2 N–H and O–H groups in total. The molecule has 2 nitrogen and oxygen atoms in total. The molecule has 0 aliphatic rings. The molecule has 0 radical (unpaired) electrons. The molecular weight excluding hydrogens is 382 g/mol. The van der Waals surface area contributed by atoms with Gasteiger partial charge in [0.1, 0.15) is 0 Å². The third kappa shape index (κ3) is 4.42. The second-order valence-electron chi connectivity index (χ2n) is 4.75. The molecule has 0 aromatic heterocycles. The van der Waals surface area contributed by atoms with E-state index in [1.54, 1.807) is 0 Å². The van der Waals surface area contributed by atoms with E-state index in [4.69, 9.17) is 0 Å². The minimum absolute atomic E-state index is 0.199. The van der Waals surface area contributed by atoms with E-state index in [2.05, 4.69) is 56.2 Å². The predicted octanol–water partition coefficient (Wildman–Crippen LogP) is 4.60. The van der Waals surface area contributed by atoms with E-state index in [1.165, 1.54) is 5.56 Å². The number of aliphatic hydroxyl groups excluding tert-OH is 1. The molecule has 0 aliphatic carbocycles. The van der Waals surface area contributed by atoms with Crippen LogP contribution in [0.2, 0.25) is 0 Å². The first kappa shape index (κ1) is 15.7. The fourth-order valence-electron chi connectivity index (χ4n) is 1.99. The van der Waals surface area contributed by atoms with Gasteiger partial charge in [-0.2, -0.15) is 0 Å². The summed E-state index contributed by atoms with van der Waals surface area (Å²) in [5.74, 6) is 0. The number of nitrogens with one attached hydrogen (secondary N) is 1. The number of hydrogen-bond acceptors (Lipinski definition) is 2. The van der Waals surface area contributed by atoms with Crippen molar-refractivity contribution in [3.05, 3.63) is 68.6 Å². The molecule has 0 aliphatic heterocycles. The van der Waals surface area contributed by atoms with Crippen molar-refractivity contribution in [1.82, 2.24) is 5.32 Å². The van der Waals surface area contributed by atoms with Gasteiger partial charge in [0.25, 0.3) is 0 Å². The molecule has 2 aromatic rings. The number of benzene rings is 2. The van der Waals surface area contributed by atoms with E-state index < -0.39 is 6.10 Å². The molecule has 2 atom stereocenters.